The maximum atomic E-state index is 12.0. The van der Waals surface area contributed by atoms with Crippen molar-refractivity contribution >= 4 is 29.0 Å². The van der Waals surface area contributed by atoms with E-state index >= 15 is 0 Å². The zero-order chi connectivity index (χ0) is 15.1. The van der Waals surface area contributed by atoms with Crippen LogP contribution in [0, 0.1) is 11.3 Å². The van der Waals surface area contributed by atoms with E-state index in [1.54, 1.807) is 30.3 Å². The number of fused-ring (bicyclic) bond motifs is 1. The van der Waals surface area contributed by atoms with Gasteiger partial charge in [0.15, 0.2) is 0 Å². The van der Waals surface area contributed by atoms with Crippen LogP contribution in [0.5, 0.6) is 0 Å². The van der Waals surface area contributed by atoms with Crippen molar-refractivity contribution in [3.63, 3.8) is 0 Å². The van der Waals surface area contributed by atoms with Gasteiger partial charge in [-0.3, -0.25) is 9.59 Å². The molecule has 0 aliphatic carbocycles. The molecular weight excluding hydrogens is 292 g/mol. The minimum Gasteiger partial charge on any atom is -0.384 e. The molecule has 7 heteroatoms. The van der Waals surface area contributed by atoms with Gasteiger partial charge in [0.1, 0.15) is 17.5 Å². The van der Waals surface area contributed by atoms with Gasteiger partial charge in [0.25, 0.3) is 11.5 Å². The molecule has 0 radical (unpaired) electrons. The minimum atomic E-state index is -0.648. The quantitative estimate of drug-likeness (QED) is 0.830. The highest BCUT2D eigenvalue weighted by molar-refractivity contribution is 6.32. The lowest BCUT2D eigenvalue weighted by molar-refractivity contribution is 0.101. The summed E-state index contributed by atoms with van der Waals surface area (Å²) in [6.45, 7) is 0. The number of rotatable bonds is 1. The standard InChI is InChI=1S/C14H7ClN4O2/c15-7-3-1-6(2-4-7)11-9-8(5-16)13(20)19-12(17)10(9)14(21)18-11/h1-4H,(H3,17,19,20). The highest BCUT2D eigenvalue weighted by Gasteiger charge is 2.31. The molecule has 3 N–H and O–H groups in total. The number of nitrogen functional groups attached to an aromatic ring is 1. The Morgan fingerprint density at radius 3 is 2.48 bits per heavy atom. The summed E-state index contributed by atoms with van der Waals surface area (Å²) in [5.74, 6) is -0.674. The first kappa shape index (κ1) is 13.1. The summed E-state index contributed by atoms with van der Waals surface area (Å²) in [6, 6.07) is 8.36. The summed E-state index contributed by atoms with van der Waals surface area (Å²) in [5.41, 5.74) is 5.89. The van der Waals surface area contributed by atoms with Gasteiger partial charge in [-0.2, -0.15) is 5.26 Å². The van der Waals surface area contributed by atoms with Crippen molar-refractivity contribution in [2.24, 2.45) is 4.99 Å². The van der Waals surface area contributed by atoms with Crippen molar-refractivity contribution in [3.05, 3.63) is 61.9 Å². The zero-order valence-corrected chi connectivity index (χ0v) is 11.2. The number of anilines is 1. The number of nitrogens with one attached hydrogen (secondary N) is 1. The number of hydrogen-bond donors (Lipinski definition) is 2. The Morgan fingerprint density at radius 2 is 1.86 bits per heavy atom. The van der Waals surface area contributed by atoms with Crippen LogP contribution in [0.25, 0.3) is 0 Å². The first-order valence-electron chi connectivity index (χ1n) is 5.88. The van der Waals surface area contributed by atoms with E-state index in [9.17, 15) is 14.9 Å². The Hall–Kier alpha value is -2.91. The summed E-state index contributed by atoms with van der Waals surface area (Å²) in [5, 5.41) is 9.69. The first-order valence-corrected chi connectivity index (χ1v) is 6.26. The van der Waals surface area contributed by atoms with Gasteiger partial charge >= 0.3 is 0 Å². The fourth-order valence-corrected chi connectivity index (χ4v) is 2.34. The topological polar surface area (TPSA) is 112 Å². The van der Waals surface area contributed by atoms with Gasteiger partial charge in [-0.05, 0) is 12.1 Å². The fourth-order valence-electron chi connectivity index (χ4n) is 2.22. The molecular formula is C14H7ClN4O2. The average molecular weight is 299 g/mol. The van der Waals surface area contributed by atoms with Gasteiger partial charge in [0, 0.05) is 16.1 Å². The average Bonchev–Trinajstić information content (AvgIpc) is 2.78. The molecule has 2 heterocycles. The Kier molecular flexibility index (Phi) is 2.85. The normalized spacial score (nSPS) is 12.8. The van der Waals surface area contributed by atoms with E-state index in [1.165, 1.54) is 0 Å². The summed E-state index contributed by atoms with van der Waals surface area (Å²) in [6.07, 6.45) is 0. The number of aromatic amines is 1. The molecule has 1 aliphatic heterocycles. The molecule has 0 atom stereocenters. The van der Waals surface area contributed by atoms with E-state index in [1.807, 2.05) is 0 Å². The molecule has 21 heavy (non-hydrogen) atoms. The summed E-state index contributed by atoms with van der Waals surface area (Å²) in [7, 11) is 0. The number of halogens is 1. The Morgan fingerprint density at radius 1 is 1.19 bits per heavy atom. The van der Waals surface area contributed by atoms with Gasteiger partial charge in [0.2, 0.25) is 0 Å². The highest BCUT2D eigenvalue weighted by atomic mass is 35.5. The fraction of sp³-hybridized carbons (Fsp3) is 0. The molecule has 0 unspecified atom stereocenters. The number of aliphatic imine (C=N–C) groups is 1. The Bertz CT molecular complexity index is 904. The number of nitriles is 1. The van der Waals surface area contributed by atoms with Crippen molar-refractivity contribution in [2.45, 2.75) is 0 Å². The van der Waals surface area contributed by atoms with E-state index in [-0.39, 0.29) is 28.2 Å². The minimum absolute atomic E-state index is 0.0519. The van der Waals surface area contributed by atoms with E-state index in [0.29, 0.717) is 10.6 Å². The molecule has 0 saturated carbocycles. The number of pyridine rings is 1. The van der Waals surface area contributed by atoms with Crippen LogP contribution in [0.3, 0.4) is 0 Å². The van der Waals surface area contributed by atoms with Crippen molar-refractivity contribution in [1.29, 1.82) is 5.26 Å². The molecule has 0 saturated heterocycles. The third-order valence-corrected chi connectivity index (χ3v) is 3.39. The van der Waals surface area contributed by atoms with Crippen LogP contribution in [0.2, 0.25) is 5.02 Å². The van der Waals surface area contributed by atoms with Crippen LogP contribution in [-0.2, 0) is 0 Å². The molecule has 2 aromatic rings. The van der Waals surface area contributed by atoms with Crippen LogP contribution >= 0.6 is 11.6 Å². The number of amides is 1. The lowest BCUT2D eigenvalue weighted by Crippen LogP contribution is -2.20. The molecule has 1 aromatic carbocycles. The molecule has 1 aliphatic rings. The number of aromatic nitrogens is 1. The van der Waals surface area contributed by atoms with E-state index in [2.05, 4.69) is 9.98 Å². The highest BCUT2D eigenvalue weighted by Crippen LogP contribution is 2.27. The molecule has 3 rings (SSSR count). The van der Waals surface area contributed by atoms with Gasteiger partial charge in [-0.15, -0.1) is 0 Å². The molecule has 6 nitrogen and oxygen atoms in total. The monoisotopic (exact) mass is 298 g/mol. The van der Waals surface area contributed by atoms with E-state index < -0.39 is 11.5 Å². The number of nitrogens with zero attached hydrogens (tertiary/aromatic N) is 2. The van der Waals surface area contributed by atoms with Gasteiger partial charge in [0.05, 0.1) is 11.3 Å². The molecule has 0 bridgehead atoms. The SMILES string of the molecule is N#Cc1c2c(c(N)[nH]c1=O)C(=O)N=C2c1ccc(Cl)cc1. The van der Waals surface area contributed by atoms with Crippen molar-refractivity contribution < 1.29 is 4.79 Å². The van der Waals surface area contributed by atoms with Crippen LogP contribution in [0.1, 0.15) is 27.0 Å². The predicted octanol–water partition coefficient (Wildman–Crippen LogP) is 1.47. The van der Waals surface area contributed by atoms with Crippen molar-refractivity contribution in [2.75, 3.05) is 5.73 Å². The summed E-state index contributed by atoms with van der Waals surface area (Å²) >= 11 is 5.82. The molecule has 1 aromatic heterocycles. The van der Waals surface area contributed by atoms with Gasteiger partial charge in [-0.25, -0.2) is 4.99 Å². The van der Waals surface area contributed by atoms with Gasteiger partial charge in [-0.1, -0.05) is 23.7 Å². The number of nitrogens with two attached hydrogens (primary N) is 1. The van der Waals surface area contributed by atoms with Gasteiger partial charge < -0.3 is 10.7 Å². The predicted molar refractivity (Wildman–Crippen MR) is 77.6 cm³/mol. The van der Waals surface area contributed by atoms with E-state index in [0.717, 1.165) is 0 Å². The lowest BCUT2D eigenvalue weighted by atomic mass is 9.97. The van der Waals surface area contributed by atoms with Crippen molar-refractivity contribution in [3.8, 4) is 6.07 Å². The summed E-state index contributed by atoms with van der Waals surface area (Å²) < 4.78 is 0. The van der Waals surface area contributed by atoms with Crippen molar-refractivity contribution in [1.82, 2.24) is 4.98 Å². The number of carbonyl (C=O) groups excluding carboxylic acids is 1. The maximum absolute atomic E-state index is 12.0. The summed E-state index contributed by atoms with van der Waals surface area (Å²) in [4.78, 5) is 30.0. The number of carbonyl (C=O) groups is 1. The molecule has 0 spiro atoms. The zero-order valence-electron chi connectivity index (χ0n) is 10.5. The lowest BCUT2D eigenvalue weighted by Gasteiger charge is -2.06. The largest absolute Gasteiger partial charge is 0.384 e. The number of benzene rings is 1. The first-order chi connectivity index (χ1) is 10.0. The second kappa shape index (κ2) is 4.58. The third-order valence-electron chi connectivity index (χ3n) is 3.14. The number of hydrogen-bond acceptors (Lipinski definition) is 4. The molecule has 1 amide bonds. The van der Waals surface area contributed by atoms with Crippen LogP contribution in [0.4, 0.5) is 5.82 Å². The smallest absolute Gasteiger partial charge is 0.281 e. The maximum Gasteiger partial charge on any atom is 0.281 e. The Balaban J connectivity index is 2.34. The molecule has 102 valence electrons. The van der Waals surface area contributed by atoms with Crippen LogP contribution in [-0.4, -0.2) is 16.6 Å². The molecule has 0 fully saturated rings. The van der Waals surface area contributed by atoms with Crippen LogP contribution in [0.15, 0.2) is 34.1 Å². The Labute approximate surface area is 123 Å². The third kappa shape index (κ3) is 1.91. The van der Waals surface area contributed by atoms with Crippen LogP contribution < -0.4 is 11.3 Å². The second-order valence-corrected chi connectivity index (χ2v) is 4.81. The second-order valence-electron chi connectivity index (χ2n) is 4.38. The number of H-pyrrole nitrogens is 1. The van der Waals surface area contributed by atoms with E-state index in [4.69, 9.17) is 17.3 Å².